The van der Waals surface area contributed by atoms with Crippen LogP contribution in [0, 0.1) is 0 Å². The molecule has 0 unspecified atom stereocenters. The molecule has 2 aliphatic carbocycles. The average Bonchev–Trinajstić information content (AvgIpc) is 3.08. The molecule has 4 rings (SSSR count). The van der Waals surface area contributed by atoms with Crippen molar-refractivity contribution in [2.45, 2.75) is 51.4 Å². The van der Waals surface area contributed by atoms with Crippen LogP contribution in [0.5, 0.6) is 0 Å². The minimum atomic E-state index is 1.09. The number of aromatic nitrogens is 2. The van der Waals surface area contributed by atoms with Crippen LogP contribution < -0.4 is 0 Å². The van der Waals surface area contributed by atoms with Crippen molar-refractivity contribution < 1.29 is 9.05 Å². The summed E-state index contributed by atoms with van der Waals surface area (Å²) in [7, 11) is 0. The predicted octanol–water partition coefficient (Wildman–Crippen LogP) is 3.11. The molecule has 0 N–H and O–H groups in total. The van der Waals surface area contributed by atoms with Crippen LogP contribution in [-0.4, -0.2) is 10.3 Å². The first-order valence-electron chi connectivity index (χ1n) is 6.78. The van der Waals surface area contributed by atoms with Crippen molar-refractivity contribution in [3.63, 3.8) is 0 Å². The van der Waals surface area contributed by atoms with Crippen LogP contribution >= 0.6 is 0 Å². The molecule has 0 saturated carbocycles. The number of hydrogen-bond acceptors (Lipinski definition) is 4. The van der Waals surface area contributed by atoms with E-state index in [1.807, 2.05) is 6.20 Å². The number of nitrogens with zero attached hydrogens (tertiary/aromatic N) is 2. The third kappa shape index (κ3) is 2.47. The Morgan fingerprint density at radius 2 is 1.67 bits per heavy atom. The third-order valence-electron chi connectivity index (χ3n) is 3.67. The molecule has 0 bridgehead atoms. The van der Waals surface area contributed by atoms with E-state index in [0.29, 0.717) is 0 Å². The van der Waals surface area contributed by atoms with E-state index in [2.05, 4.69) is 10.3 Å². The van der Waals surface area contributed by atoms with Crippen LogP contribution in [0.25, 0.3) is 0 Å². The molecule has 0 atom stereocenters. The molecule has 18 heavy (non-hydrogen) atoms. The average molecular weight is 246 g/mol. The van der Waals surface area contributed by atoms with Gasteiger partial charge in [0.25, 0.3) is 0 Å². The second-order valence-corrected chi connectivity index (χ2v) is 4.97. The van der Waals surface area contributed by atoms with E-state index < -0.39 is 0 Å². The highest BCUT2D eigenvalue weighted by molar-refractivity contribution is 5.17. The summed E-state index contributed by atoms with van der Waals surface area (Å²) in [4.78, 5) is 0. The molecule has 0 aromatic carbocycles. The first kappa shape index (κ1) is 11.5. The van der Waals surface area contributed by atoms with Gasteiger partial charge >= 0.3 is 0 Å². The van der Waals surface area contributed by atoms with E-state index in [9.17, 15) is 0 Å². The van der Waals surface area contributed by atoms with Gasteiger partial charge in [-0.3, -0.25) is 0 Å². The molecule has 2 aromatic heterocycles. The van der Waals surface area contributed by atoms with Gasteiger partial charge in [0.05, 0.1) is 11.9 Å². The standard InChI is InChI=1S/2C7H9NO/c1-2-4-7-6(3-1)5-9-8-7;1-2-4-7-6(3-1)5-8-9-7/h2*5H,1-4H2. The zero-order valence-corrected chi connectivity index (χ0v) is 10.5. The Bertz CT molecular complexity index is 414. The summed E-state index contributed by atoms with van der Waals surface area (Å²) in [5.74, 6) is 1.11. The van der Waals surface area contributed by atoms with Gasteiger partial charge in [-0.25, -0.2) is 0 Å². The van der Waals surface area contributed by atoms with Gasteiger partial charge in [0.2, 0.25) is 0 Å². The summed E-state index contributed by atoms with van der Waals surface area (Å²) in [5.41, 5.74) is 3.82. The fraction of sp³-hybridized carbons (Fsp3) is 0.571. The lowest BCUT2D eigenvalue weighted by Crippen LogP contribution is -1.99. The fourth-order valence-corrected chi connectivity index (χ4v) is 2.59. The van der Waals surface area contributed by atoms with Gasteiger partial charge in [0.15, 0.2) is 0 Å². The van der Waals surface area contributed by atoms with E-state index >= 15 is 0 Å². The van der Waals surface area contributed by atoms with E-state index in [1.165, 1.54) is 55.3 Å². The normalized spacial score (nSPS) is 17.3. The van der Waals surface area contributed by atoms with E-state index in [4.69, 9.17) is 9.05 Å². The van der Waals surface area contributed by atoms with Gasteiger partial charge in [-0.15, -0.1) is 0 Å². The van der Waals surface area contributed by atoms with Crippen LogP contribution in [0.2, 0.25) is 0 Å². The largest absolute Gasteiger partial charge is 0.364 e. The van der Waals surface area contributed by atoms with Gasteiger partial charge < -0.3 is 9.05 Å². The summed E-state index contributed by atoms with van der Waals surface area (Å²) >= 11 is 0. The highest BCUT2D eigenvalue weighted by atomic mass is 16.5. The van der Waals surface area contributed by atoms with Gasteiger partial charge in [-0.2, -0.15) is 0 Å². The number of fused-ring (bicyclic) bond motifs is 2. The molecule has 0 amide bonds. The molecule has 2 heterocycles. The second-order valence-electron chi connectivity index (χ2n) is 4.97. The first-order chi connectivity index (χ1) is 8.93. The molecule has 2 aliphatic rings. The predicted molar refractivity (Wildman–Crippen MR) is 66.3 cm³/mol. The first-order valence-corrected chi connectivity index (χ1v) is 6.78. The lowest BCUT2D eigenvalue weighted by molar-refractivity contribution is 0.372. The molecule has 96 valence electrons. The summed E-state index contributed by atoms with van der Waals surface area (Å²) in [5, 5.41) is 7.61. The minimum Gasteiger partial charge on any atom is -0.364 e. The van der Waals surface area contributed by atoms with Gasteiger partial charge in [0.1, 0.15) is 12.0 Å². The lowest BCUT2D eigenvalue weighted by atomic mass is 9.99. The molecule has 0 saturated heterocycles. The molecule has 0 fully saturated rings. The van der Waals surface area contributed by atoms with Crippen LogP contribution in [-0.2, 0) is 25.7 Å². The highest BCUT2D eigenvalue weighted by Gasteiger charge is 2.12. The van der Waals surface area contributed by atoms with Crippen molar-refractivity contribution in [2.24, 2.45) is 0 Å². The molecule has 4 nitrogen and oxygen atoms in total. The highest BCUT2D eigenvalue weighted by Crippen LogP contribution is 2.19. The fourth-order valence-electron chi connectivity index (χ4n) is 2.59. The van der Waals surface area contributed by atoms with Gasteiger partial charge in [-0.05, 0) is 44.9 Å². The minimum absolute atomic E-state index is 1.09. The zero-order chi connectivity index (χ0) is 12.2. The van der Waals surface area contributed by atoms with Crippen LogP contribution in [0.15, 0.2) is 21.5 Å². The quantitative estimate of drug-likeness (QED) is 0.716. The van der Waals surface area contributed by atoms with Crippen molar-refractivity contribution in [2.75, 3.05) is 0 Å². The Morgan fingerprint density at radius 3 is 2.50 bits per heavy atom. The zero-order valence-electron chi connectivity index (χ0n) is 10.5. The van der Waals surface area contributed by atoms with Crippen molar-refractivity contribution in [1.29, 1.82) is 0 Å². The monoisotopic (exact) mass is 246 g/mol. The number of hydrogen-bond donors (Lipinski definition) is 0. The van der Waals surface area contributed by atoms with Gasteiger partial charge in [-0.1, -0.05) is 10.3 Å². The Kier molecular flexibility index (Phi) is 3.44. The van der Waals surface area contributed by atoms with Crippen molar-refractivity contribution in [1.82, 2.24) is 10.3 Å². The Balaban J connectivity index is 0.000000111. The second kappa shape index (κ2) is 5.38. The van der Waals surface area contributed by atoms with E-state index in [0.717, 1.165) is 18.6 Å². The molecule has 4 heteroatoms. The third-order valence-corrected chi connectivity index (χ3v) is 3.67. The Hall–Kier alpha value is -1.58. The molecular formula is C14H18N2O2. The summed E-state index contributed by atoms with van der Waals surface area (Å²) < 4.78 is 9.82. The molecule has 0 spiro atoms. The summed E-state index contributed by atoms with van der Waals surface area (Å²) in [6.07, 6.45) is 13.3. The molecule has 0 aliphatic heterocycles. The van der Waals surface area contributed by atoms with E-state index in [1.54, 1.807) is 6.26 Å². The maximum atomic E-state index is 5.01. The maximum absolute atomic E-state index is 5.01. The van der Waals surface area contributed by atoms with Crippen molar-refractivity contribution in [3.8, 4) is 0 Å². The Morgan fingerprint density at radius 1 is 0.889 bits per heavy atom. The summed E-state index contributed by atoms with van der Waals surface area (Å²) in [6, 6.07) is 0. The topological polar surface area (TPSA) is 52.1 Å². The Labute approximate surface area is 106 Å². The number of aryl methyl sites for hydroxylation is 4. The maximum Gasteiger partial charge on any atom is 0.139 e. The smallest absolute Gasteiger partial charge is 0.139 e. The van der Waals surface area contributed by atoms with Gasteiger partial charge in [0, 0.05) is 17.5 Å². The van der Waals surface area contributed by atoms with Crippen molar-refractivity contribution in [3.05, 3.63) is 35.0 Å². The SMILES string of the molecule is c1noc2c1CCCC2.c1onc2c1CCCC2. The molecule has 0 radical (unpaired) electrons. The molecule has 2 aromatic rings. The van der Waals surface area contributed by atoms with Crippen LogP contribution in [0.3, 0.4) is 0 Å². The lowest BCUT2D eigenvalue weighted by Gasteiger charge is -2.05. The van der Waals surface area contributed by atoms with Crippen molar-refractivity contribution >= 4 is 0 Å². The molecular weight excluding hydrogens is 228 g/mol. The van der Waals surface area contributed by atoms with E-state index in [-0.39, 0.29) is 0 Å². The summed E-state index contributed by atoms with van der Waals surface area (Å²) in [6.45, 7) is 0. The number of rotatable bonds is 0. The van der Waals surface area contributed by atoms with Crippen LogP contribution in [0.1, 0.15) is 48.3 Å². The van der Waals surface area contributed by atoms with Crippen LogP contribution in [0.4, 0.5) is 0 Å².